The molecule has 7 aromatic rings. The summed E-state index contributed by atoms with van der Waals surface area (Å²) in [4.78, 5) is 89.6. The maximum atomic E-state index is 11.7. The summed E-state index contributed by atoms with van der Waals surface area (Å²) in [6.45, 7) is 35.5. The topological polar surface area (TPSA) is 399 Å². The van der Waals surface area contributed by atoms with Crippen molar-refractivity contribution in [1.29, 1.82) is 0 Å². The number of methoxy groups -OCH3 is 1. The van der Waals surface area contributed by atoms with Gasteiger partial charge in [-0.2, -0.15) is 0 Å². The van der Waals surface area contributed by atoms with Crippen LogP contribution in [0.15, 0.2) is 176 Å². The van der Waals surface area contributed by atoms with E-state index in [0.717, 1.165) is 70.4 Å². The predicted octanol–water partition coefficient (Wildman–Crippen LogP) is 18.4. The second kappa shape index (κ2) is 54.1. The zero-order valence-corrected chi connectivity index (χ0v) is 72.9. The smallest absolute Gasteiger partial charge is 0.407 e. The number of rotatable bonds is 24. The molecule has 0 saturated heterocycles. The normalized spacial score (nSPS) is 14.6. The third-order valence-electron chi connectivity index (χ3n) is 17.8. The van der Waals surface area contributed by atoms with Gasteiger partial charge in [0.15, 0.2) is 11.9 Å². The first-order valence-corrected chi connectivity index (χ1v) is 39.6. The average Bonchev–Trinajstić information content (AvgIpc) is 1.61. The van der Waals surface area contributed by atoms with Gasteiger partial charge in [0.25, 0.3) is 0 Å². The van der Waals surface area contributed by atoms with E-state index in [1.54, 1.807) is 37.3 Å². The molecule has 25 heteroatoms. The minimum atomic E-state index is -0.744. The van der Waals surface area contributed by atoms with Crippen LogP contribution >= 0.6 is 0 Å². The molecule has 0 radical (unpaired) electrons. The van der Waals surface area contributed by atoms with Crippen LogP contribution in [-0.2, 0) is 38.1 Å². The molecule has 0 fully saturated rings. The lowest BCUT2D eigenvalue weighted by Crippen LogP contribution is -2.33. The van der Waals surface area contributed by atoms with E-state index in [-0.39, 0.29) is 78.9 Å². The Morgan fingerprint density at radius 3 is 1.27 bits per heavy atom. The molecule has 1 heterocycles. The van der Waals surface area contributed by atoms with E-state index in [9.17, 15) is 48.6 Å². The fourth-order valence-corrected chi connectivity index (χ4v) is 11.8. The molecule has 7 unspecified atom stereocenters. The first-order chi connectivity index (χ1) is 55.0. The highest BCUT2D eigenvalue weighted by molar-refractivity contribution is 6.01. The van der Waals surface area contributed by atoms with E-state index >= 15 is 0 Å². The number of esters is 2. The second-order valence-corrected chi connectivity index (χ2v) is 31.7. The molecule has 2 aliphatic rings. The summed E-state index contributed by atoms with van der Waals surface area (Å²) >= 11 is 0. The van der Waals surface area contributed by atoms with E-state index in [4.69, 9.17) is 54.2 Å². The molecular weight excluding hydrogens is 1510 g/mol. The standard InChI is InChI=1S/C19H29NO5.C18H29NO4.C15H23NO3.C10H13NO2.C10H10O2.C10H12O2.C10H10O.CH4O.H3N/c1-13(11-12-20-18(22)25-19(3,4)5)15-9-7-8-10-16(15)24-14(2)17(21)23-6;1-13(10-11-19-17(21)23-18(3,4)5)15-8-6-7-9-16(15)22-14(2)12-20;1-11(12-7-5-6-8-13(12)17)9-10-16-14(18)19-15(2,3)4;1-7(6-10(11)13)8-4-2-3-5-9(8)12;1-7-6-10(11)12-9-5-3-2-4-8(7)9;1-8(7-10(11)12)9-5-3-2-4-6-9;1-7-6-10(11)9-5-3-2-4-8(7)9;1-2;/h7-10,13-14H,11-12H2,1-6H3,(H,20,22);6-9,13-14,20H,10-12H2,1-5H3,(H,19,21);5-8,11,17H,9-10H2,1-4H3,(H,16,18);2-5,7,12H,6H2,1H3,(H2,11,13);2-5,7H,6H2,1H3;2-6,8H,7H2,1H3,(H,11,12);2-5,7H,6H2,1H3;2H,1H3;1H3/t2*13?,14-;;;;;;;/m11......./s1. The Morgan fingerprint density at radius 1 is 0.483 bits per heavy atom. The van der Waals surface area contributed by atoms with Crippen LogP contribution in [0.1, 0.15) is 260 Å². The van der Waals surface area contributed by atoms with E-state index in [1.807, 2.05) is 249 Å². The van der Waals surface area contributed by atoms with Crippen LogP contribution in [0, 0.1) is 0 Å². The number of amides is 4. The molecule has 650 valence electrons. The summed E-state index contributed by atoms with van der Waals surface area (Å²) in [7, 11) is 2.33. The van der Waals surface area contributed by atoms with Gasteiger partial charge in [0.1, 0.15) is 51.7 Å². The number of Topliss-reactive ketones (excluding diaryl/α,β-unsaturated/α-hetero) is 1. The summed E-state index contributed by atoms with van der Waals surface area (Å²) < 4.78 is 36.8. The number of nitrogens with one attached hydrogen (secondary N) is 3. The second-order valence-electron chi connectivity index (χ2n) is 31.7. The molecule has 0 spiro atoms. The number of nitrogens with two attached hydrogens (primary N) is 1. The molecule has 118 heavy (non-hydrogen) atoms. The van der Waals surface area contributed by atoms with Crippen LogP contribution < -0.4 is 42.0 Å². The van der Waals surface area contributed by atoms with Crippen molar-refractivity contribution < 1.29 is 97.0 Å². The SMILES string of the molecule is CC(CC(=O)O)c1ccccc1.CC(CC(N)=O)c1ccccc1O.CC(CCNC(=O)OC(C)(C)C)c1ccccc1O.CC(CCNC(=O)OC(C)(C)C)c1ccccc1O[C@H](C)CO.CC1CC(=O)Oc2ccccc21.CC1CC(=O)c2ccccc21.CO.COC(=O)[C@@H](C)Oc1ccccc1C(C)CCNC(=O)OC(C)(C)C.N. The number of fused-ring (bicyclic) bond motifs is 2. The molecule has 9 atom stereocenters. The summed E-state index contributed by atoms with van der Waals surface area (Å²) in [5, 5.41) is 52.1. The Bertz CT molecular complexity index is 4150. The predicted molar refractivity (Wildman–Crippen MR) is 462 cm³/mol. The zero-order valence-electron chi connectivity index (χ0n) is 72.9. The number of hydrogen-bond acceptors (Lipinski definition) is 20. The summed E-state index contributed by atoms with van der Waals surface area (Å²) in [6.07, 6.45) is 1.72. The van der Waals surface area contributed by atoms with Gasteiger partial charge in [0.2, 0.25) is 5.91 Å². The monoisotopic (exact) mass is 1640 g/mol. The molecule has 13 N–H and O–H groups in total. The average molecular weight is 1640 g/mol. The fourth-order valence-electron chi connectivity index (χ4n) is 11.8. The Morgan fingerprint density at radius 2 is 0.856 bits per heavy atom. The first-order valence-electron chi connectivity index (χ1n) is 39.6. The molecule has 0 aromatic heterocycles. The van der Waals surface area contributed by atoms with Gasteiger partial charge in [-0.05, 0) is 206 Å². The largest absolute Gasteiger partial charge is 0.508 e. The Hall–Kier alpha value is -11.0. The number of phenolic OH excluding ortho intramolecular Hbond substituents is 2. The molecule has 25 nitrogen and oxygen atoms in total. The summed E-state index contributed by atoms with van der Waals surface area (Å²) in [5.74, 6) is 2.64. The molecule has 1 aliphatic carbocycles. The number of benzene rings is 7. The minimum Gasteiger partial charge on any atom is -0.508 e. The zero-order chi connectivity index (χ0) is 88.2. The maximum absolute atomic E-state index is 11.7. The number of para-hydroxylation sites is 5. The molecular formula is C93H133N5O20. The maximum Gasteiger partial charge on any atom is 0.407 e. The van der Waals surface area contributed by atoms with E-state index in [0.29, 0.717) is 68.0 Å². The van der Waals surface area contributed by atoms with Gasteiger partial charge in [0.05, 0.1) is 26.6 Å². The van der Waals surface area contributed by atoms with Crippen molar-refractivity contribution in [1.82, 2.24) is 22.1 Å². The van der Waals surface area contributed by atoms with Gasteiger partial charge in [-0.25, -0.2) is 19.2 Å². The highest BCUT2D eigenvalue weighted by atomic mass is 16.6. The number of ether oxygens (including phenoxy) is 7. The van der Waals surface area contributed by atoms with Crippen molar-refractivity contribution in [2.45, 2.75) is 240 Å². The van der Waals surface area contributed by atoms with E-state index < -0.39 is 53.1 Å². The quantitative estimate of drug-likeness (QED) is 0.0153. The number of hydrogen-bond donors (Lipinski definition) is 10. The van der Waals surface area contributed by atoms with Crippen molar-refractivity contribution in [3.8, 4) is 28.7 Å². The number of alkyl carbamates (subject to hydrolysis) is 3. The molecule has 1 aliphatic heterocycles. The third-order valence-corrected chi connectivity index (χ3v) is 17.8. The highest BCUT2D eigenvalue weighted by Crippen LogP contribution is 2.36. The number of aliphatic carboxylic acids is 1. The van der Waals surface area contributed by atoms with Crippen LogP contribution in [0.25, 0.3) is 0 Å². The number of primary amides is 1. The van der Waals surface area contributed by atoms with Crippen LogP contribution in [0.5, 0.6) is 28.7 Å². The lowest BCUT2D eigenvalue weighted by atomic mass is 9.95. The van der Waals surface area contributed by atoms with E-state index in [1.165, 1.54) is 12.7 Å². The Balaban J connectivity index is 0.000000698. The molecule has 0 bridgehead atoms. The number of carbonyl (C=O) groups is 8. The lowest BCUT2D eigenvalue weighted by molar-refractivity contribution is -0.148. The number of aromatic hydroxyl groups is 2. The van der Waals surface area contributed by atoms with Crippen molar-refractivity contribution in [2.75, 3.05) is 40.5 Å². The van der Waals surface area contributed by atoms with Gasteiger partial charge >= 0.3 is 36.2 Å². The lowest BCUT2D eigenvalue weighted by Gasteiger charge is -2.21. The molecule has 7 aromatic carbocycles. The number of phenols is 2. The number of carboxylic acids is 1. The Kier molecular flexibility index (Phi) is 48.1. The van der Waals surface area contributed by atoms with Crippen LogP contribution in [0.4, 0.5) is 14.4 Å². The number of aliphatic hydroxyl groups is 2. The molecule has 0 saturated carbocycles. The molecule has 9 rings (SSSR count). The van der Waals surface area contributed by atoms with Gasteiger partial charge in [-0.15, -0.1) is 0 Å². The van der Waals surface area contributed by atoms with Crippen LogP contribution in [0.2, 0.25) is 0 Å². The first kappa shape index (κ1) is 105. The minimum absolute atomic E-state index is 0. The summed E-state index contributed by atoms with van der Waals surface area (Å²) in [5.41, 5.74) is 11.7. The Labute approximate surface area is 699 Å². The van der Waals surface area contributed by atoms with Crippen molar-refractivity contribution in [2.24, 2.45) is 5.73 Å². The number of ketones is 1. The van der Waals surface area contributed by atoms with Gasteiger partial charge < -0.3 is 86.5 Å². The third kappa shape index (κ3) is 42.2. The number of carboxylic acid groups (broad SMARTS) is 1. The van der Waals surface area contributed by atoms with Crippen molar-refractivity contribution in [3.63, 3.8) is 0 Å². The van der Waals surface area contributed by atoms with Crippen LogP contribution in [-0.4, -0.2) is 143 Å². The summed E-state index contributed by atoms with van der Waals surface area (Å²) in [6, 6.07) is 54.8. The number of carbonyl (C=O) groups excluding carboxylic acids is 7. The van der Waals surface area contributed by atoms with E-state index in [2.05, 4.69) is 29.8 Å². The van der Waals surface area contributed by atoms with Gasteiger partial charge in [0, 0.05) is 45.1 Å². The van der Waals surface area contributed by atoms with Gasteiger partial charge in [-0.3, -0.25) is 19.2 Å². The number of aliphatic hydroxyl groups excluding tert-OH is 2. The van der Waals surface area contributed by atoms with Crippen LogP contribution in [0.3, 0.4) is 0 Å². The fraction of sp³-hybridized carbons (Fsp3) is 0.462. The molecule has 4 amide bonds. The van der Waals surface area contributed by atoms with Gasteiger partial charge in [-0.1, -0.05) is 194 Å². The van der Waals surface area contributed by atoms with Crippen molar-refractivity contribution in [3.05, 3.63) is 220 Å². The highest BCUT2D eigenvalue weighted by Gasteiger charge is 2.27. The van der Waals surface area contributed by atoms with Crippen molar-refractivity contribution >= 4 is 47.9 Å².